The quantitative estimate of drug-likeness (QED) is 0.268. The first-order chi connectivity index (χ1) is 2.56. The number of hydrogen-bond acceptors (Lipinski definition) is 4. The fraction of sp³-hybridized carbons (Fsp3) is 0. The molecule has 0 aromatic heterocycles. The third kappa shape index (κ3) is 15.6. The normalized spacial score (nSPS) is 9.25. The van der Waals surface area contributed by atoms with Gasteiger partial charge in [-0.1, -0.05) is 0 Å². The van der Waals surface area contributed by atoms with E-state index < -0.39 is 7.82 Å². The van der Waals surface area contributed by atoms with Gasteiger partial charge in [0, 0.05) is 7.82 Å². The third-order valence-corrected chi connectivity index (χ3v) is 2.01. The summed E-state index contributed by atoms with van der Waals surface area (Å²) < 4.78 is 12.8. The Morgan fingerprint density at radius 3 is 1.50 bits per heavy atom. The molecule has 0 heterocycles. The second kappa shape index (κ2) is 6.64. The van der Waals surface area contributed by atoms with Crippen LogP contribution in [-0.2, 0) is 8.78 Å². The number of hydrogen-bond donors (Lipinski definition) is 0. The van der Waals surface area contributed by atoms with Crippen LogP contribution in [0.4, 0.5) is 0 Å². The molecule has 38 valence electrons. The van der Waals surface area contributed by atoms with Gasteiger partial charge >= 0.3 is 37.7 Å². The Hall–Kier alpha value is 1.52. The second-order valence-corrected chi connectivity index (χ2v) is 2.98. The van der Waals surface area contributed by atoms with Crippen LogP contribution in [0.15, 0.2) is 0 Å². The van der Waals surface area contributed by atoms with E-state index in [1.807, 2.05) is 0 Å². The maximum absolute atomic E-state index is 9.28. The van der Waals surface area contributed by atoms with E-state index in [1.54, 1.807) is 0 Å². The summed E-state index contributed by atoms with van der Waals surface area (Å²) in [6, 6.07) is 0. The molecular formula is H3Li2O4PSi. The van der Waals surface area contributed by atoms with Gasteiger partial charge in [-0.3, -0.25) is 0 Å². The fourth-order valence-electron chi connectivity index (χ4n) is 0. The first-order valence-electron chi connectivity index (χ1n) is 1.14. The Morgan fingerprint density at radius 1 is 1.38 bits per heavy atom. The molecule has 0 unspecified atom stereocenters. The van der Waals surface area contributed by atoms with Crippen LogP contribution < -0.4 is 47.5 Å². The Bertz CT molecular complexity index is 78.1. The van der Waals surface area contributed by atoms with Crippen LogP contribution in [0.1, 0.15) is 0 Å². The topological polar surface area (TPSA) is 72.4 Å². The van der Waals surface area contributed by atoms with E-state index in [-0.39, 0.29) is 48.2 Å². The molecule has 0 aliphatic rings. The minimum atomic E-state index is -4.58. The van der Waals surface area contributed by atoms with Gasteiger partial charge in [-0.25, -0.2) is 0 Å². The van der Waals surface area contributed by atoms with Gasteiger partial charge < -0.3 is 18.6 Å². The van der Waals surface area contributed by atoms with E-state index in [2.05, 4.69) is 4.21 Å². The maximum atomic E-state index is 9.28. The molecule has 0 N–H and O–H groups in total. The molecule has 4 nitrogen and oxygen atoms in total. The Balaban J connectivity index is -0.000000125. The average Bonchev–Trinajstić information content (AvgIpc) is 1.35. The van der Waals surface area contributed by atoms with Gasteiger partial charge in [0.1, 0.15) is 0 Å². The molecule has 0 saturated carbocycles. The summed E-state index contributed by atoms with van der Waals surface area (Å²) in [6.07, 6.45) is 0. The predicted octanol–water partition coefficient (Wildman–Crippen LogP) is -8.88. The van der Waals surface area contributed by atoms with Crippen molar-refractivity contribution in [3.63, 3.8) is 0 Å². The van der Waals surface area contributed by atoms with Gasteiger partial charge in [0.15, 0.2) is 10.5 Å². The summed E-state index contributed by atoms with van der Waals surface area (Å²) in [4.78, 5) is 18.6. The molecule has 8 heteroatoms. The van der Waals surface area contributed by atoms with Crippen molar-refractivity contribution in [1.82, 2.24) is 0 Å². The molecule has 0 atom stereocenters. The van der Waals surface area contributed by atoms with Crippen LogP contribution in [0.3, 0.4) is 0 Å². The number of phosphoric acid groups is 1. The Kier molecular flexibility index (Phi) is 13.5. The zero-order valence-electron chi connectivity index (χ0n) is 5.08. The van der Waals surface area contributed by atoms with E-state index in [0.717, 1.165) is 0 Å². The molecule has 0 fully saturated rings. The summed E-state index contributed by atoms with van der Waals surface area (Å²) in [5, 5.41) is 0. The zero-order chi connectivity index (χ0) is 5.21. The van der Waals surface area contributed by atoms with Crippen LogP contribution in [0.5, 0.6) is 0 Å². The average molecular weight is 140 g/mol. The molecule has 0 aromatic rings. The van der Waals surface area contributed by atoms with E-state index >= 15 is 0 Å². The third-order valence-electron chi connectivity index (χ3n) is 0.224. The molecule has 0 bridgehead atoms. The molecule has 0 aliphatic heterocycles. The van der Waals surface area contributed by atoms with Crippen LogP contribution in [0.25, 0.3) is 0 Å². The molecule has 0 rings (SSSR count). The molecule has 0 aliphatic carbocycles. The summed E-state index contributed by atoms with van der Waals surface area (Å²) in [5.74, 6) is 0. The SMILES string of the molecule is O=P([O-])([O-])O[SiH3].[Li+].[Li+]. The van der Waals surface area contributed by atoms with Gasteiger partial charge in [-0.05, 0) is 0 Å². The van der Waals surface area contributed by atoms with E-state index in [9.17, 15) is 14.4 Å². The van der Waals surface area contributed by atoms with Crippen molar-refractivity contribution in [2.24, 2.45) is 0 Å². The fourth-order valence-corrected chi connectivity index (χ4v) is 0. The molecular weight excluding hydrogens is 137 g/mol. The summed E-state index contributed by atoms with van der Waals surface area (Å²) in [7, 11) is -4.62. The van der Waals surface area contributed by atoms with Crippen LogP contribution in [0.2, 0.25) is 0 Å². The van der Waals surface area contributed by atoms with Crippen LogP contribution in [0, 0.1) is 0 Å². The van der Waals surface area contributed by atoms with Gasteiger partial charge in [0.2, 0.25) is 0 Å². The van der Waals surface area contributed by atoms with Gasteiger partial charge in [-0.15, -0.1) is 0 Å². The molecule has 0 amide bonds. The van der Waals surface area contributed by atoms with Gasteiger partial charge in [-0.2, -0.15) is 0 Å². The predicted molar refractivity (Wildman–Crippen MR) is 18.6 cm³/mol. The zero-order valence-corrected chi connectivity index (χ0v) is 7.97. The van der Waals surface area contributed by atoms with E-state index in [0.29, 0.717) is 0 Å². The van der Waals surface area contributed by atoms with Crippen molar-refractivity contribution in [2.45, 2.75) is 0 Å². The van der Waals surface area contributed by atoms with Crippen molar-refractivity contribution >= 4 is 18.3 Å². The first-order valence-corrected chi connectivity index (χ1v) is 3.42. The van der Waals surface area contributed by atoms with Crippen molar-refractivity contribution < 1.29 is 56.3 Å². The first kappa shape index (κ1) is 16.3. The second-order valence-electron chi connectivity index (χ2n) is 0.630. The molecule has 8 heavy (non-hydrogen) atoms. The van der Waals surface area contributed by atoms with Crippen molar-refractivity contribution in [3.05, 3.63) is 0 Å². The molecule has 0 aromatic carbocycles. The van der Waals surface area contributed by atoms with Crippen molar-refractivity contribution in [1.29, 1.82) is 0 Å². The monoisotopic (exact) mass is 140 g/mol. The van der Waals surface area contributed by atoms with Crippen LogP contribution in [-0.4, -0.2) is 10.5 Å². The largest absolute Gasteiger partial charge is 1.00 e. The van der Waals surface area contributed by atoms with E-state index in [4.69, 9.17) is 0 Å². The minimum absolute atomic E-state index is 0. The summed E-state index contributed by atoms with van der Waals surface area (Å²) in [5.41, 5.74) is 0. The standard InChI is InChI=1S/2Li.H5O4PSi/c;;1-5(2,3)4-6/h;;6H3,(H2,1,2,3)/q2*+1;/p-2. The maximum Gasteiger partial charge on any atom is 1.00 e. The smallest absolute Gasteiger partial charge is 0.791 e. The summed E-state index contributed by atoms with van der Waals surface area (Å²) in [6.45, 7) is 0. The Morgan fingerprint density at radius 2 is 1.50 bits per heavy atom. The van der Waals surface area contributed by atoms with Crippen molar-refractivity contribution in [2.75, 3.05) is 0 Å². The molecule has 0 radical (unpaired) electrons. The van der Waals surface area contributed by atoms with Gasteiger partial charge in [0.25, 0.3) is 0 Å². The van der Waals surface area contributed by atoms with Gasteiger partial charge in [0.05, 0.1) is 0 Å². The summed E-state index contributed by atoms with van der Waals surface area (Å²) >= 11 is 0. The van der Waals surface area contributed by atoms with Crippen LogP contribution >= 0.6 is 7.82 Å². The van der Waals surface area contributed by atoms with Crippen molar-refractivity contribution in [3.8, 4) is 0 Å². The molecule has 0 saturated heterocycles. The minimum Gasteiger partial charge on any atom is -0.791 e. The Labute approximate surface area is 74.5 Å². The molecule has 0 spiro atoms. The number of rotatable bonds is 1. The van der Waals surface area contributed by atoms with E-state index in [1.165, 1.54) is 0 Å².